The topological polar surface area (TPSA) is 17.8 Å². The van der Waals surface area contributed by atoms with Crippen molar-refractivity contribution in [2.24, 2.45) is 0 Å². The molecule has 0 unspecified atom stereocenters. The number of aromatic nitrogens is 2. The zero-order chi connectivity index (χ0) is 14.1. The summed E-state index contributed by atoms with van der Waals surface area (Å²) in [5.41, 5.74) is 4.28. The van der Waals surface area contributed by atoms with Crippen molar-refractivity contribution in [3.63, 3.8) is 0 Å². The van der Waals surface area contributed by atoms with Gasteiger partial charge in [-0.15, -0.1) is 11.6 Å². The molecule has 0 spiro atoms. The third kappa shape index (κ3) is 2.30. The smallest absolute Gasteiger partial charge is 0.129 e. The molecule has 2 aromatic carbocycles. The van der Waals surface area contributed by atoms with Gasteiger partial charge in [-0.3, -0.25) is 4.57 Å². The van der Waals surface area contributed by atoms with Crippen molar-refractivity contribution in [2.45, 2.75) is 19.2 Å². The number of halogens is 2. The third-order valence-corrected chi connectivity index (χ3v) is 3.86. The first-order valence-corrected chi connectivity index (χ1v) is 7.46. The van der Waals surface area contributed by atoms with Crippen LogP contribution in [0.3, 0.4) is 0 Å². The van der Waals surface area contributed by atoms with Gasteiger partial charge in [0.25, 0.3) is 0 Å². The average Bonchev–Trinajstić information content (AvgIpc) is 2.84. The fourth-order valence-electron chi connectivity index (χ4n) is 2.40. The first kappa shape index (κ1) is 13.5. The highest BCUT2D eigenvalue weighted by Gasteiger charge is 2.12. The van der Waals surface area contributed by atoms with E-state index in [2.05, 4.69) is 40.7 Å². The summed E-state index contributed by atoms with van der Waals surface area (Å²) in [6.45, 7) is 2.15. The minimum absolute atomic E-state index is 0.364. The van der Waals surface area contributed by atoms with E-state index >= 15 is 0 Å². The summed E-state index contributed by atoms with van der Waals surface area (Å²) in [5, 5.41) is 0.686. The van der Waals surface area contributed by atoms with Crippen LogP contribution in [0.2, 0.25) is 5.02 Å². The Hall–Kier alpha value is -1.51. The van der Waals surface area contributed by atoms with Gasteiger partial charge in [0.15, 0.2) is 0 Å². The number of hydrogen-bond donors (Lipinski definition) is 0. The van der Waals surface area contributed by atoms with E-state index in [1.807, 2.05) is 18.2 Å². The van der Waals surface area contributed by atoms with Gasteiger partial charge in [0.2, 0.25) is 0 Å². The fraction of sp³-hybridized carbons (Fsp3) is 0.188. The maximum atomic E-state index is 6.05. The molecule has 0 amide bonds. The van der Waals surface area contributed by atoms with Crippen molar-refractivity contribution in [3.05, 3.63) is 58.9 Å². The van der Waals surface area contributed by atoms with Gasteiger partial charge in [-0.2, -0.15) is 0 Å². The van der Waals surface area contributed by atoms with Crippen LogP contribution in [0.4, 0.5) is 0 Å². The van der Waals surface area contributed by atoms with E-state index in [1.165, 1.54) is 5.56 Å². The molecular formula is C16H14Cl2N2. The summed E-state index contributed by atoms with van der Waals surface area (Å²) in [6.07, 6.45) is 1.00. The zero-order valence-corrected chi connectivity index (χ0v) is 12.6. The van der Waals surface area contributed by atoms with Crippen LogP contribution in [0.1, 0.15) is 18.3 Å². The molecule has 3 rings (SSSR count). The van der Waals surface area contributed by atoms with E-state index in [-0.39, 0.29) is 0 Å². The minimum atomic E-state index is 0.364. The van der Waals surface area contributed by atoms with Crippen molar-refractivity contribution >= 4 is 34.2 Å². The first-order chi connectivity index (χ1) is 9.72. The molecule has 3 aromatic rings. The Kier molecular flexibility index (Phi) is 3.68. The van der Waals surface area contributed by atoms with E-state index in [0.717, 1.165) is 29.0 Å². The lowest BCUT2D eigenvalue weighted by Crippen LogP contribution is -1.99. The second-order valence-electron chi connectivity index (χ2n) is 4.65. The van der Waals surface area contributed by atoms with Gasteiger partial charge in [0.1, 0.15) is 5.82 Å². The van der Waals surface area contributed by atoms with Crippen LogP contribution in [-0.2, 0) is 12.3 Å². The van der Waals surface area contributed by atoms with Gasteiger partial charge >= 0.3 is 0 Å². The standard InChI is InChI=1S/C16H14Cl2N2/c1-2-11-4-3-5-13(8-11)20-15-7-6-12(18)9-14(15)19-16(20)10-17/h3-9H,2,10H2,1H3. The maximum Gasteiger partial charge on any atom is 0.129 e. The van der Waals surface area contributed by atoms with Gasteiger partial charge in [-0.05, 0) is 42.3 Å². The molecule has 0 fully saturated rings. The summed E-state index contributed by atoms with van der Waals surface area (Å²) < 4.78 is 2.10. The van der Waals surface area contributed by atoms with Crippen molar-refractivity contribution in [3.8, 4) is 5.69 Å². The lowest BCUT2D eigenvalue weighted by molar-refractivity contribution is 0.975. The molecule has 20 heavy (non-hydrogen) atoms. The summed E-state index contributed by atoms with van der Waals surface area (Å²) in [4.78, 5) is 4.57. The molecule has 0 saturated heterocycles. The fourth-order valence-corrected chi connectivity index (χ4v) is 2.74. The molecule has 0 aliphatic heterocycles. The van der Waals surface area contributed by atoms with Gasteiger partial charge in [0.05, 0.1) is 16.9 Å². The molecule has 1 aromatic heterocycles. The van der Waals surface area contributed by atoms with Gasteiger partial charge in [-0.1, -0.05) is 30.7 Å². The van der Waals surface area contributed by atoms with E-state index in [1.54, 1.807) is 0 Å². The highest BCUT2D eigenvalue weighted by molar-refractivity contribution is 6.31. The monoisotopic (exact) mass is 304 g/mol. The number of imidazole rings is 1. The Morgan fingerprint density at radius 2 is 2.00 bits per heavy atom. The van der Waals surface area contributed by atoms with Gasteiger partial charge in [-0.25, -0.2) is 4.98 Å². The minimum Gasteiger partial charge on any atom is -0.295 e. The Labute approximate surface area is 128 Å². The van der Waals surface area contributed by atoms with Crippen LogP contribution in [0, 0.1) is 0 Å². The Morgan fingerprint density at radius 1 is 1.15 bits per heavy atom. The van der Waals surface area contributed by atoms with Crippen LogP contribution < -0.4 is 0 Å². The number of hydrogen-bond acceptors (Lipinski definition) is 1. The van der Waals surface area contributed by atoms with Crippen LogP contribution in [-0.4, -0.2) is 9.55 Å². The molecular weight excluding hydrogens is 291 g/mol. The SMILES string of the molecule is CCc1cccc(-n2c(CCl)nc3cc(Cl)ccc32)c1. The summed E-state index contributed by atoms with van der Waals surface area (Å²) in [6, 6.07) is 14.2. The highest BCUT2D eigenvalue weighted by Crippen LogP contribution is 2.25. The Bertz CT molecular complexity index is 762. The predicted octanol–water partition coefficient (Wildman–Crippen LogP) is 4.98. The first-order valence-electron chi connectivity index (χ1n) is 6.55. The van der Waals surface area contributed by atoms with Gasteiger partial charge in [0, 0.05) is 10.7 Å². The molecule has 0 aliphatic rings. The molecule has 0 aliphatic carbocycles. The second-order valence-corrected chi connectivity index (χ2v) is 5.36. The lowest BCUT2D eigenvalue weighted by atomic mass is 10.1. The molecule has 0 saturated carbocycles. The van der Waals surface area contributed by atoms with Crippen LogP contribution in [0.15, 0.2) is 42.5 Å². The average molecular weight is 305 g/mol. The van der Waals surface area contributed by atoms with Crippen LogP contribution in [0.5, 0.6) is 0 Å². The van der Waals surface area contributed by atoms with Crippen molar-refractivity contribution in [2.75, 3.05) is 0 Å². The largest absolute Gasteiger partial charge is 0.295 e. The molecule has 0 N–H and O–H groups in total. The lowest BCUT2D eigenvalue weighted by Gasteiger charge is -2.09. The molecule has 102 valence electrons. The summed E-state index contributed by atoms with van der Waals surface area (Å²) in [5.74, 6) is 1.19. The number of alkyl halides is 1. The van der Waals surface area contributed by atoms with E-state index < -0.39 is 0 Å². The van der Waals surface area contributed by atoms with E-state index in [0.29, 0.717) is 10.9 Å². The predicted molar refractivity (Wildman–Crippen MR) is 85.0 cm³/mol. The zero-order valence-electron chi connectivity index (χ0n) is 11.1. The number of fused-ring (bicyclic) bond motifs is 1. The quantitative estimate of drug-likeness (QED) is 0.624. The van der Waals surface area contributed by atoms with Crippen LogP contribution in [0.25, 0.3) is 16.7 Å². The number of benzene rings is 2. The molecule has 1 heterocycles. The molecule has 2 nitrogen and oxygen atoms in total. The van der Waals surface area contributed by atoms with Crippen LogP contribution >= 0.6 is 23.2 Å². The van der Waals surface area contributed by atoms with Crippen molar-refractivity contribution in [1.29, 1.82) is 0 Å². The highest BCUT2D eigenvalue weighted by atomic mass is 35.5. The van der Waals surface area contributed by atoms with Crippen molar-refractivity contribution < 1.29 is 0 Å². The maximum absolute atomic E-state index is 6.05. The Morgan fingerprint density at radius 3 is 2.75 bits per heavy atom. The van der Waals surface area contributed by atoms with Gasteiger partial charge < -0.3 is 0 Å². The normalized spacial score (nSPS) is 11.2. The van der Waals surface area contributed by atoms with E-state index in [9.17, 15) is 0 Å². The van der Waals surface area contributed by atoms with Crippen molar-refractivity contribution in [1.82, 2.24) is 9.55 Å². The molecule has 0 radical (unpaired) electrons. The summed E-state index contributed by atoms with van der Waals surface area (Å²) >= 11 is 12.1. The second kappa shape index (κ2) is 5.47. The van der Waals surface area contributed by atoms with E-state index in [4.69, 9.17) is 23.2 Å². The molecule has 0 atom stereocenters. The Balaban J connectivity index is 2.28. The number of rotatable bonds is 3. The summed E-state index contributed by atoms with van der Waals surface area (Å²) in [7, 11) is 0. The molecule has 0 bridgehead atoms. The number of nitrogens with zero attached hydrogens (tertiary/aromatic N) is 2. The third-order valence-electron chi connectivity index (χ3n) is 3.38. The number of aryl methyl sites for hydroxylation is 1. The molecule has 4 heteroatoms.